The zero-order valence-electron chi connectivity index (χ0n) is 14.5. The van der Waals surface area contributed by atoms with Crippen LogP contribution in [-0.4, -0.2) is 42.0 Å². The minimum atomic E-state index is -0.638. The maximum atomic E-state index is 12.9. The predicted octanol–water partition coefficient (Wildman–Crippen LogP) is 3.14. The van der Waals surface area contributed by atoms with Crippen LogP contribution in [0.4, 0.5) is 0 Å². The third kappa shape index (κ3) is 4.12. The van der Waals surface area contributed by atoms with E-state index in [1.807, 2.05) is 36.6 Å². The molecule has 1 amide bonds. The van der Waals surface area contributed by atoms with E-state index in [1.165, 1.54) is 7.11 Å². The fourth-order valence-corrected chi connectivity index (χ4v) is 3.31. The normalized spacial score (nSPS) is 15.0. The molecule has 1 atom stereocenters. The van der Waals surface area contributed by atoms with Gasteiger partial charge < -0.3 is 10.1 Å². The van der Waals surface area contributed by atoms with Crippen molar-refractivity contribution in [3.05, 3.63) is 41.6 Å². The van der Waals surface area contributed by atoms with Crippen molar-refractivity contribution in [1.29, 1.82) is 0 Å². The SMILES string of the molecule is COC(=O)C(CCSC)NC(=O)c1cc(C2CC2)nc2ccccc12. The van der Waals surface area contributed by atoms with E-state index >= 15 is 0 Å². The lowest BCUT2D eigenvalue weighted by Gasteiger charge is -2.17. The van der Waals surface area contributed by atoms with E-state index in [9.17, 15) is 9.59 Å². The Labute approximate surface area is 151 Å². The van der Waals surface area contributed by atoms with Crippen LogP contribution in [0.5, 0.6) is 0 Å². The van der Waals surface area contributed by atoms with Crippen molar-refractivity contribution in [1.82, 2.24) is 10.3 Å². The first kappa shape index (κ1) is 17.7. The average Bonchev–Trinajstić information content (AvgIpc) is 3.48. The summed E-state index contributed by atoms with van der Waals surface area (Å²) in [6.45, 7) is 0. The number of carbonyl (C=O) groups excluding carboxylic acids is 2. The summed E-state index contributed by atoms with van der Waals surface area (Å²) in [7, 11) is 1.34. The lowest BCUT2D eigenvalue weighted by atomic mass is 10.0. The molecule has 1 aliphatic carbocycles. The first-order chi connectivity index (χ1) is 12.1. The van der Waals surface area contributed by atoms with Gasteiger partial charge in [-0.3, -0.25) is 9.78 Å². The number of esters is 1. The van der Waals surface area contributed by atoms with Crippen molar-refractivity contribution in [3.63, 3.8) is 0 Å². The van der Waals surface area contributed by atoms with Gasteiger partial charge in [0, 0.05) is 17.0 Å². The zero-order valence-corrected chi connectivity index (χ0v) is 15.3. The Morgan fingerprint density at radius 3 is 2.80 bits per heavy atom. The fraction of sp³-hybridized carbons (Fsp3) is 0.421. The number of methoxy groups -OCH3 is 1. The molecule has 6 heteroatoms. The van der Waals surface area contributed by atoms with Crippen molar-refractivity contribution in [2.45, 2.75) is 31.2 Å². The number of para-hydroxylation sites is 1. The fourth-order valence-electron chi connectivity index (χ4n) is 2.83. The molecule has 1 N–H and O–H groups in total. The number of amides is 1. The molecule has 1 fully saturated rings. The molecule has 0 spiro atoms. The second kappa shape index (κ2) is 7.87. The van der Waals surface area contributed by atoms with Crippen molar-refractivity contribution < 1.29 is 14.3 Å². The number of fused-ring (bicyclic) bond motifs is 1. The van der Waals surface area contributed by atoms with E-state index in [1.54, 1.807) is 11.8 Å². The summed E-state index contributed by atoms with van der Waals surface area (Å²) in [5, 5.41) is 3.65. The van der Waals surface area contributed by atoms with E-state index in [2.05, 4.69) is 10.3 Å². The average molecular weight is 358 g/mol. The molecular formula is C19H22N2O3S. The van der Waals surface area contributed by atoms with Crippen molar-refractivity contribution in [2.24, 2.45) is 0 Å². The van der Waals surface area contributed by atoms with Crippen LogP contribution in [0.3, 0.4) is 0 Å². The van der Waals surface area contributed by atoms with Crippen molar-refractivity contribution in [2.75, 3.05) is 19.1 Å². The monoisotopic (exact) mass is 358 g/mol. The number of nitrogens with one attached hydrogen (secondary N) is 1. The molecule has 1 aromatic carbocycles. The van der Waals surface area contributed by atoms with E-state index in [4.69, 9.17) is 4.74 Å². The molecule has 1 unspecified atom stereocenters. The molecule has 0 saturated heterocycles. The van der Waals surface area contributed by atoms with E-state index in [0.29, 0.717) is 17.9 Å². The summed E-state index contributed by atoms with van der Waals surface area (Å²) in [6, 6.07) is 8.86. The highest BCUT2D eigenvalue weighted by Crippen LogP contribution is 2.40. The number of carbonyl (C=O) groups is 2. The molecule has 1 aromatic heterocycles. The Kier molecular flexibility index (Phi) is 5.58. The van der Waals surface area contributed by atoms with Crippen LogP contribution < -0.4 is 5.32 Å². The molecule has 3 rings (SSSR count). The highest BCUT2D eigenvalue weighted by atomic mass is 32.2. The number of pyridine rings is 1. The number of aromatic nitrogens is 1. The Hall–Kier alpha value is -2.08. The summed E-state index contributed by atoms with van der Waals surface area (Å²) in [6.07, 6.45) is 4.74. The number of nitrogens with zero attached hydrogens (tertiary/aromatic N) is 1. The van der Waals surface area contributed by atoms with Crippen LogP contribution in [0.15, 0.2) is 30.3 Å². The molecule has 0 bridgehead atoms. The van der Waals surface area contributed by atoms with Crippen LogP contribution in [-0.2, 0) is 9.53 Å². The van der Waals surface area contributed by atoms with Crippen LogP contribution in [0.1, 0.15) is 41.2 Å². The second-order valence-electron chi connectivity index (χ2n) is 6.22. The Bertz CT molecular complexity index is 789. The minimum absolute atomic E-state index is 0.253. The van der Waals surface area contributed by atoms with Gasteiger partial charge in [-0.2, -0.15) is 11.8 Å². The quantitative estimate of drug-likeness (QED) is 0.770. The number of ether oxygens (including phenoxy) is 1. The zero-order chi connectivity index (χ0) is 17.8. The van der Waals surface area contributed by atoms with Gasteiger partial charge in [0.1, 0.15) is 6.04 Å². The van der Waals surface area contributed by atoms with E-state index < -0.39 is 12.0 Å². The van der Waals surface area contributed by atoms with Gasteiger partial charge in [-0.1, -0.05) is 18.2 Å². The van der Waals surface area contributed by atoms with Crippen LogP contribution in [0.2, 0.25) is 0 Å². The standard InChI is InChI=1S/C19H22N2O3S/c1-24-19(23)16(9-10-25-2)21-18(22)14-11-17(12-7-8-12)20-15-6-4-3-5-13(14)15/h3-6,11-12,16H,7-10H2,1-2H3,(H,21,22). The first-order valence-electron chi connectivity index (χ1n) is 8.41. The summed E-state index contributed by atoms with van der Waals surface area (Å²) >= 11 is 1.63. The maximum absolute atomic E-state index is 12.9. The molecule has 1 saturated carbocycles. The van der Waals surface area contributed by atoms with Crippen LogP contribution in [0.25, 0.3) is 10.9 Å². The highest BCUT2D eigenvalue weighted by Gasteiger charge is 2.28. The molecule has 1 heterocycles. The number of hydrogen-bond donors (Lipinski definition) is 1. The Morgan fingerprint density at radius 2 is 2.12 bits per heavy atom. The number of benzene rings is 1. The predicted molar refractivity (Wildman–Crippen MR) is 100.0 cm³/mol. The van der Waals surface area contributed by atoms with Gasteiger partial charge in [0.2, 0.25) is 0 Å². The Balaban J connectivity index is 1.91. The summed E-state index contributed by atoms with van der Waals surface area (Å²) < 4.78 is 4.83. The largest absolute Gasteiger partial charge is 0.467 e. The number of rotatable bonds is 7. The smallest absolute Gasteiger partial charge is 0.328 e. The van der Waals surface area contributed by atoms with E-state index in [-0.39, 0.29) is 5.91 Å². The van der Waals surface area contributed by atoms with Crippen LogP contribution >= 0.6 is 11.8 Å². The van der Waals surface area contributed by atoms with Gasteiger partial charge in [0.05, 0.1) is 18.2 Å². The number of thioether (sulfide) groups is 1. The van der Waals surface area contributed by atoms with Gasteiger partial charge in [-0.15, -0.1) is 0 Å². The van der Waals surface area contributed by atoms with Crippen molar-refractivity contribution >= 4 is 34.5 Å². The van der Waals surface area contributed by atoms with Gasteiger partial charge in [0.15, 0.2) is 0 Å². The van der Waals surface area contributed by atoms with Crippen molar-refractivity contribution in [3.8, 4) is 0 Å². The van der Waals surface area contributed by atoms with Gasteiger partial charge in [-0.05, 0) is 43.4 Å². The lowest BCUT2D eigenvalue weighted by Crippen LogP contribution is -2.42. The number of hydrogen-bond acceptors (Lipinski definition) is 5. The third-order valence-corrected chi connectivity index (χ3v) is 5.02. The molecule has 0 aliphatic heterocycles. The molecule has 0 radical (unpaired) electrons. The van der Waals surface area contributed by atoms with Crippen LogP contribution in [0, 0.1) is 0 Å². The molecule has 2 aromatic rings. The summed E-state index contributed by atoms with van der Waals surface area (Å²) in [5.41, 5.74) is 2.35. The molecule has 5 nitrogen and oxygen atoms in total. The Morgan fingerprint density at radius 1 is 1.36 bits per heavy atom. The molecule has 132 valence electrons. The third-order valence-electron chi connectivity index (χ3n) is 4.38. The highest BCUT2D eigenvalue weighted by molar-refractivity contribution is 7.98. The summed E-state index contributed by atoms with van der Waals surface area (Å²) in [5.74, 6) is 0.550. The second-order valence-corrected chi connectivity index (χ2v) is 7.20. The molecular weight excluding hydrogens is 336 g/mol. The van der Waals surface area contributed by atoms with Gasteiger partial charge in [-0.25, -0.2) is 4.79 Å². The first-order valence-corrected chi connectivity index (χ1v) is 9.80. The summed E-state index contributed by atoms with van der Waals surface area (Å²) in [4.78, 5) is 29.6. The van der Waals surface area contributed by atoms with E-state index in [0.717, 1.165) is 35.2 Å². The minimum Gasteiger partial charge on any atom is -0.467 e. The maximum Gasteiger partial charge on any atom is 0.328 e. The topological polar surface area (TPSA) is 68.3 Å². The van der Waals surface area contributed by atoms with Gasteiger partial charge in [0.25, 0.3) is 5.91 Å². The molecule has 1 aliphatic rings. The van der Waals surface area contributed by atoms with Gasteiger partial charge >= 0.3 is 5.97 Å². The lowest BCUT2D eigenvalue weighted by molar-refractivity contribution is -0.142. The molecule has 25 heavy (non-hydrogen) atoms.